The van der Waals surface area contributed by atoms with E-state index in [0.717, 1.165) is 44.9 Å². The number of aliphatic hydroxyl groups is 1. The lowest BCUT2D eigenvalue weighted by atomic mass is 9.89. The zero-order valence-electron chi connectivity index (χ0n) is 16.7. The Hall–Kier alpha value is -1.42. The molecule has 0 aromatic rings. The molecule has 1 saturated carbocycles. The van der Waals surface area contributed by atoms with E-state index >= 15 is 0 Å². The molecular formula is C22H36O4. The number of Topliss-reactive ketones (excluding diaryl/α,β-unsaturated/α-hetero) is 1. The van der Waals surface area contributed by atoms with Crippen LogP contribution >= 0.6 is 0 Å². The summed E-state index contributed by atoms with van der Waals surface area (Å²) in [6.45, 7) is 4.02. The van der Waals surface area contributed by atoms with Crippen molar-refractivity contribution in [3.8, 4) is 0 Å². The molecule has 0 aliphatic heterocycles. The molecule has 4 heteroatoms. The zero-order valence-corrected chi connectivity index (χ0v) is 16.7. The SMILES string of the molecule is CCCCC(C)(O)C/C=C/[C@H]1CCC(=O)[C@@H]1C/C=C\CCCC(=O)OC. The first-order chi connectivity index (χ1) is 12.4. The summed E-state index contributed by atoms with van der Waals surface area (Å²) in [5, 5.41) is 10.4. The predicted octanol–water partition coefficient (Wildman–Crippen LogP) is 4.76. The van der Waals surface area contributed by atoms with Crippen LogP contribution in [-0.2, 0) is 14.3 Å². The Labute approximate surface area is 158 Å². The number of carbonyl (C=O) groups excluding carboxylic acids is 2. The fourth-order valence-corrected chi connectivity index (χ4v) is 3.45. The van der Waals surface area contributed by atoms with Crippen molar-refractivity contribution in [2.45, 2.75) is 83.7 Å². The summed E-state index contributed by atoms with van der Waals surface area (Å²) in [6.07, 6.45) is 16.3. The van der Waals surface area contributed by atoms with Gasteiger partial charge in [-0.15, -0.1) is 0 Å². The van der Waals surface area contributed by atoms with E-state index in [-0.39, 0.29) is 17.8 Å². The van der Waals surface area contributed by atoms with Crippen molar-refractivity contribution in [2.24, 2.45) is 11.8 Å². The minimum absolute atomic E-state index is 0.0590. The van der Waals surface area contributed by atoms with Crippen LogP contribution < -0.4 is 0 Å². The van der Waals surface area contributed by atoms with E-state index in [1.165, 1.54) is 7.11 Å². The Bertz CT molecular complexity index is 490. The number of ether oxygens (including phenoxy) is 1. The number of methoxy groups -OCH3 is 1. The van der Waals surface area contributed by atoms with E-state index in [9.17, 15) is 14.7 Å². The molecule has 4 nitrogen and oxygen atoms in total. The summed E-state index contributed by atoms with van der Waals surface area (Å²) in [7, 11) is 1.40. The Balaban J connectivity index is 2.40. The van der Waals surface area contributed by atoms with Gasteiger partial charge in [-0.05, 0) is 51.4 Å². The largest absolute Gasteiger partial charge is 0.469 e. The molecule has 0 bridgehead atoms. The first-order valence-electron chi connectivity index (χ1n) is 10.0. The van der Waals surface area contributed by atoms with Crippen LogP contribution in [0.4, 0.5) is 0 Å². The van der Waals surface area contributed by atoms with Crippen molar-refractivity contribution in [1.29, 1.82) is 0 Å². The van der Waals surface area contributed by atoms with Gasteiger partial charge in [-0.3, -0.25) is 9.59 Å². The summed E-state index contributed by atoms with van der Waals surface area (Å²) in [5.74, 6) is 0.508. The van der Waals surface area contributed by atoms with Crippen molar-refractivity contribution in [3.63, 3.8) is 0 Å². The molecule has 3 atom stereocenters. The molecule has 0 aromatic heterocycles. The van der Waals surface area contributed by atoms with Gasteiger partial charge in [-0.2, -0.15) is 0 Å². The second-order valence-electron chi connectivity index (χ2n) is 7.68. The molecule has 0 spiro atoms. The lowest BCUT2D eigenvalue weighted by molar-refractivity contribution is -0.140. The average molecular weight is 365 g/mol. The normalized spacial score (nSPS) is 23.0. The first-order valence-corrected chi connectivity index (χ1v) is 10.0. The van der Waals surface area contributed by atoms with Crippen LogP contribution in [0, 0.1) is 11.8 Å². The van der Waals surface area contributed by atoms with Crippen LogP contribution in [0.2, 0.25) is 0 Å². The summed E-state index contributed by atoms with van der Waals surface area (Å²) < 4.78 is 4.62. The number of unbranched alkanes of at least 4 members (excludes halogenated alkanes) is 2. The highest BCUT2D eigenvalue weighted by Gasteiger charge is 2.31. The summed E-state index contributed by atoms with van der Waals surface area (Å²) in [5.41, 5.74) is -0.649. The van der Waals surface area contributed by atoms with Gasteiger partial charge >= 0.3 is 5.97 Å². The number of ketones is 1. The molecule has 1 N–H and O–H groups in total. The van der Waals surface area contributed by atoms with Crippen LogP contribution in [0.5, 0.6) is 0 Å². The number of esters is 1. The minimum Gasteiger partial charge on any atom is -0.469 e. The smallest absolute Gasteiger partial charge is 0.305 e. The van der Waals surface area contributed by atoms with Gasteiger partial charge in [0, 0.05) is 18.8 Å². The number of hydrogen-bond donors (Lipinski definition) is 1. The van der Waals surface area contributed by atoms with Crippen molar-refractivity contribution >= 4 is 11.8 Å². The van der Waals surface area contributed by atoms with Crippen LogP contribution in [0.15, 0.2) is 24.3 Å². The molecule has 26 heavy (non-hydrogen) atoms. The average Bonchev–Trinajstić information content (AvgIpc) is 2.96. The molecule has 1 unspecified atom stereocenters. The van der Waals surface area contributed by atoms with E-state index in [1.54, 1.807) is 0 Å². The first kappa shape index (κ1) is 22.6. The number of allylic oxidation sites excluding steroid dienone is 3. The van der Waals surface area contributed by atoms with E-state index in [2.05, 4.69) is 36.0 Å². The van der Waals surface area contributed by atoms with Crippen molar-refractivity contribution < 1.29 is 19.4 Å². The molecule has 1 fully saturated rings. The second kappa shape index (κ2) is 12.1. The van der Waals surface area contributed by atoms with Crippen molar-refractivity contribution in [3.05, 3.63) is 24.3 Å². The van der Waals surface area contributed by atoms with Gasteiger partial charge in [0.05, 0.1) is 12.7 Å². The van der Waals surface area contributed by atoms with Crippen molar-refractivity contribution in [1.82, 2.24) is 0 Å². The standard InChI is InChI=1S/C22H36O4/c1-4-5-16-22(2,25)17-10-11-18-14-15-20(23)19(18)12-8-6-7-9-13-21(24)26-3/h6,8,10-11,18-19,25H,4-5,7,9,12-17H2,1-3H3/b8-6-,11-10+/t18-,19+,22?/m0/s1. The molecular weight excluding hydrogens is 328 g/mol. The van der Waals surface area contributed by atoms with Gasteiger partial charge < -0.3 is 9.84 Å². The van der Waals surface area contributed by atoms with Crippen molar-refractivity contribution in [2.75, 3.05) is 7.11 Å². The second-order valence-corrected chi connectivity index (χ2v) is 7.68. The third-order valence-corrected chi connectivity index (χ3v) is 5.20. The molecule has 0 aromatic carbocycles. The van der Waals surface area contributed by atoms with Crippen LogP contribution in [0.25, 0.3) is 0 Å². The molecule has 0 saturated heterocycles. The molecule has 1 aliphatic carbocycles. The fourth-order valence-electron chi connectivity index (χ4n) is 3.45. The van der Waals surface area contributed by atoms with Gasteiger partial charge in [-0.1, -0.05) is 44.1 Å². The molecule has 1 aliphatic rings. The zero-order chi connectivity index (χ0) is 19.4. The highest BCUT2D eigenvalue weighted by molar-refractivity contribution is 5.83. The lowest BCUT2D eigenvalue weighted by Gasteiger charge is -2.21. The Kier molecular flexibility index (Phi) is 10.5. The quantitative estimate of drug-likeness (QED) is 0.308. The number of hydrogen-bond acceptors (Lipinski definition) is 4. The Morgan fingerprint density at radius 2 is 2.08 bits per heavy atom. The summed E-state index contributed by atoms with van der Waals surface area (Å²) >= 11 is 0. The maximum atomic E-state index is 12.2. The third kappa shape index (κ3) is 8.79. The molecule has 0 amide bonds. The molecule has 148 valence electrons. The maximum Gasteiger partial charge on any atom is 0.305 e. The number of carbonyl (C=O) groups is 2. The lowest BCUT2D eigenvalue weighted by Crippen LogP contribution is -2.22. The molecule has 1 rings (SSSR count). The molecule has 0 heterocycles. The van der Waals surface area contributed by atoms with Gasteiger partial charge in [0.1, 0.15) is 5.78 Å². The van der Waals surface area contributed by atoms with E-state index in [4.69, 9.17) is 0 Å². The summed E-state index contributed by atoms with van der Waals surface area (Å²) in [4.78, 5) is 23.2. The summed E-state index contributed by atoms with van der Waals surface area (Å²) in [6, 6.07) is 0. The highest BCUT2D eigenvalue weighted by Crippen LogP contribution is 2.33. The monoisotopic (exact) mass is 364 g/mol. The van der Waals surface area contributed by atoms with E-state index in [1.807, 2.05) is 6.92 Å². The predicted molar refractivity (Wildman–Crippen MR) is 105 cm³/mol. The van der Waals surface area contributed by atoms with Gasteiger partial charge in [-0.25, -0.2) is 0 Å². The Morgan fingerprint density at radius 3 is 2.77 bits per heavy atom. The van der Waals surface area contributed by atoms with Crippen LogP contribution in [-0.4, -0.2) is 29.6 Å². The third-order valence-electron chi connectivity index (χ3n) is 5.20. The topological polar surface area (TPSA) is 63.6 Å². The highest BCUT2D eigenvalue weighted by atomic mass is 16.5. The van der Waals surface area contributed by atoms with Crippen LogP contribution in [0.3, 0.4) is 0 Å². The van der Waals surface area contributed by atoms with E-state index < -0.39 is 5.60 Å². The maximum absolute atomic E-state index is 12.2. The molecule has 0 radical (unpaired) electrons. The van der Waals surface area contributed by atoms with Gasteiger partial charge in [0.25, 0.3) is 0 Å². The Morgan fingerprint density at radius 1 is 1.31 bits per heavy atom. The van der Waals surface area contributed by atoms with Gasteiger partial charge in [0.2, 0.25) is 0 Å². The fraction of sp³-hybridized carbons (Fsp3) is 0.727. The van der Waals surface area contributed by atoms with Gasteiger partial charge in [0.15, 0.2) is 0 Å². The minimum atomic E-state index is -0.649. The van der Waals surface area contributed by atoms with E-state index in [0.29, 0.717) is 25.0 Å². The number of rotatable bonds is 12. The van der Waals surface area contributed by atoms with Crippen LogP contribution in [0.1, 0.15) is 78.1 Å².